The molecule has 0 aliphatic rings. The monoisotopic (exact) mass is 264 g/mol. The van der Waals surface area contributed by atoms with E-state index in [-0.39, 0.29) is 0 Å². The number of nitrogens with one attached hydrogen (secondary N) is 3. The van der Waals surface area contributed by atoms with Crippen molar-refractivity contribution >= 4 is 22.8 Å². The lowest BCUT2D eigenvalue weighted by atomic mass is 10.3. The summed E-state index contributed by atoms with van der Waals surface area (Å²) in [6, 6.07) is 0. The second kappa shape index (κ2) is 6.89. The van der Waals surface area contributed by atoms with Crippen LogP contribution in [0, 0.1) is 0 Å². The lowest BCUT2D eigenvalue weighted by Crippen LogP contribution is -2.09. The molecule has 104 valence electrons. The van der Waals surface area contributed by atoms with Crippen LogP contribution in [0.4, 0.5) is 11.8 Å². The third-order valence-corrected chi connectivity index (χ3v) is 2.64. The quantitative estimate of drug-likeness (QED) is 0.628. The predicted octanol–water partition coefficient (Wildman–Crippen LogP) is 1.62. The van der Waals surface area contributed by atoms with E-state index in [0.717, 1.165) is 49.5 Å². The molecule has 0 bridgehead atoms. The van der Waals surface area contributed by atoms with Crippen LogP contribution in [-0.2, 0) is 4.74 Å². The summed E-state index contributed by atoms with van der Waals surface area (Å²) >= 11 is 0. The Morgan fingerprint density at radius 3 is 3.00 bits per heavy atom. The van der Waals surface area contributed by atoms with Crippen LogP contribution in [0.25, 0.3) is 11.0 Å². The van der Waals surface area contributed by atoms with Crippen LogP contribution in [0.1, 0.15) is 19.8 Å². The van der Waals surface area contributed by atoms with Crippen LogP contribution in [0.2, 0.25) is 0 Å². The standard InChI is InChI=1S/C12H20N6O/c1-3-6-19-7-4-5-14-10-9-8-15-18-11(9)17-12(13-2)16-10/h8H,3-7H2,1-2H3,(H3,13,14,15,16,17,18). The van der Waals surface area contributed by atoms with Gasteiger partial charge in [0.2, 0.25) is 5.95 Å². The van der Waals surface area contributed by atoms with Crippen LogP contribution >= 0.6 is 0 Å². The fourth-order valence-corrected chi connectivity index (χ4v) is 1.71. The van der Waals surface area contributed by atoms with E-state index in [1.54, 1.807) is 13.2 Å². The second-order valence-corrected chi connectivity index (χ2v) is 4.17. The molecule has 0 aliphatic carbocycles. The van der Waals surface area contributed by atoms with Gasteiger partial charge >= 0.3 is 0 Å². The predicted molar refractivity (Wildman–Crippen MR) is 75.4 cm³/mol. The van der Waals surface area contributed by atoms with Crippen LogP contribution < -0.4 is 10.6 Å². The Labute approximate surface area is 112 Å². The van der Waals surface area contributed by atoms with Crippen LogP contribution in [-0.4, -0.2) is 47.0 Å². The molecule has 2 rings (SSSR count). The molecular formula is C12H20N6O. The van der Waals surface area contributed by atoms with Gasteiger partial charge in [0.05, 0.1) is 11.6 Å². The fraction of sp³-hybridized carbons (Fsp3) is 0.583. The molecule has 0 aliphatic heterocycles. The highest BCUT2D eigenvalue weighted by atomic mass is 16.5. The number of aromatic amines is 1. The Morgan fingerprint density at radius 1 is 1.32 bits per heavy atom. The zero-order valence-electron chi connectivity index (χ0n) is 11.4. The molecule has 2 aromatic rings. The van der Waals surface area contributed by atoms with Crippen molar-refractivity contribution in [3.8, 4) is 0 Å². The number of nitrogens with zero attached hydrogens (tertiary/aromatic N) is 3. The first kappa shape index (κ1) is 13.5. The molecule has 7 nitrogen and oxygen atoms in total. The first-order valence-corrected chi connectivity index (χ1v) is 6.55. The smallest absolute Gasteiger partial charge is 0.226 e. The number of fused-ring (bicyclic) bond motifs is 1. The normalized spacial score (nSPS) is 10.8. The van der Waals surface area contributed by atoms with Gasteiger partial charge in [0.15, 0.2) is 5.65 Å². The molecule has 0 saturated heterocycles. The van der Waals surface area contributed by atoms with Crippen molar-refractivity contribution in [1.82, 2.24) is 20.2 Å². The summed E-state index contributed by atoms with van der Waals surface area (Å²) in [5.41, 5.74) is 0.726. The van der Waals surface area contributed by atoms with Gasteiger partial charge in [0.1, 0.15) is 5.82 Å². The number of ether oxygens (including phenoxy) is 1. The van der Waals surface area contributed by atoms with E-state index in [0.29, 0.717) is 5.95 Å². The van der Waals surface area contributed by atoms with Crippen molar-refractivity contribution in [3.63, 3.8) is 0 Å². The maximum Gasteiger partial charge on any atom is 0.226 e. The molecule has 0 spiro atoms. The van der Waals surface area contributed by atoms with Crippen molar-refractivity contribution in [2.24, 2.45) is 0 Å². The van der Waals surface area contributed by atoms with E-state index in [9.17, 15) is 0 Å². The SMILES string of the molecule is CCCOCCCNc1nc(NC)nc2[nH]ncc12. The van der Waals surface area contributed by atoms with Crippen molar-refractivity contribution in [3.05, 3.63) is 6.20 Å². The van der Waals surface area contributed by atoms with E-state index < -0.39 is 0 Å². The highest BCUT2D eigenvalue weighted by Crippen LogP contribution is 2.19. The molecule has 0 radical (unpaired) electrons. The first-order chi connectivity index (χ1) is 9.35. The fourth-order valence-electron chi connectivity index (χ4n) is 1.71. The highest BCUT2D eigenvalue weighted by Gasteiger charge is 2.07. The van der Waals surface area contributed by atoms with Crippen LogP contribution in [0.5, 0.6) is 0 Å². The van der Waals surface area contributed by atoms with Crippen molar-refractivity contribution in [2.75, 3.05) is 37.4 Å². The molecule has 0 atom stereocenters. The van der Waals surface area contributed by atoms with Crippen LogP contribution in [0.15, 0.2) is 6.20 Å². The second-order valence-electron chi connectivity index (χ2n) is 4.17. The van der Waals surface area contributed by atoms with Crippen LogP contribution in [0.3, 0.4) is 0 Å². The number of rotatable bonds is 8. The maximum absolute atomic E-state index is 5.43. The summed E-state index contributed by atoms with van der Waals surface area (Å²) in [6.45, 7) is 4.50. The first-order valence-electron chi connectivity index (χ1n) is 6.55. The Bertz CT molecular complexity index is 512. The zero-order valence-corrected chi connectivity index (χ0v) is 11.4. The molecule has 0 fully saturated rings. The van der Waals surface area contributed by atoms with Crippen molar-refractivity contribution < 1.29 is 4.74 Å². The molecule has 0 aromatic carbocycles. The van der Waals surface area contributed by atoms with Crippen molar-refractivity contribution in [1.29, 1.82) is 0 Å². The minimum atomic E-state index is 0.571. The molecule has 7 heteroatoms. The Balaban J connectivity index is 1.93. The van der Waals surface area contributed by atoms with Gasteiger partial charge in [0.25, 0.3) is 0 Å². The summed E-state index contributed by atoms with van der Waals surface area (Å²) < 4.78 is 5.43. The van der Waals surface area contributed by atoms with Crippen molar-refractivity contribution in [2.45, 2.75) is 19.8 Å². The minimum absolute atomic E-state index is 0.571. The lowest BCUT2D eigenvalue weighted by Gasteiger charge is -2.08. The summed E-state index contributed by atoms with van der Waals surface area (Å²) in [4.78, 5) is 8.67. The van der Waals surface area contributed by atoms with E-state index in [2.05, 4.69) is 37.7 Å². The Morgan fingerprint density at radius 2 is 2.21 bits per heavy atom. The van der Waals surface area contributed by atoms with E-state index in [4.69, 9.17) is 4.74 Å². The van der Waals surface area contributed by atoms with Gasteiger partial charge in [0, 0.05) is 26.8 Å². The Hall–Kier alpha value is -1.89. The molecule has 0 amide bonds. The average molecular weight is 264 g/mol. The number of anilines is 2. The Kier molecular flexibility index (Phi) is 4.91. The van der Waals surface area contributed by atoms with E-state index in [1.807, 2.05) is 0 Å². The number of H-pyrrole nitrogens is 1. The van der Waals surface area contributed by atoms with Gasteiger partial charge in [-0.15, -0.1) is 0 Å². The number of aromatic nitrogens is 4. The van der Waals surface area contributed by atoms with Gasteiger partial charge < -0.3 is 15.4 Å². The van der Waals surface area contributed by atoms with Gasteiger partial charge in [-0.3, -0.25) is 5.10 Å². The zero-order chi connectivity index (χ0) is 13.5. The summed E-state index contributed by atoms with van der Waals surface area (Å²) in [7, 11) is 1.79. The third kappa shape index (κ3) is 3.54. The number of hydrogen-bond donors (Lipinski definition) is 3. The van der Waals surface area contributed by atoms with Gasteiger partial charge in [-0.05, 0) is 12.8 Å². The number of hydrogen-bond acceptors (Lipinski definition) is 6. The van der Waals surface area contributed by atoms with E-state index in [1.165, 1.54) is 0 Å². The lowest BCUT2D eigenvalue weighted by molar-refractivity contribution is 0.134. The molecule has 19 heavy (non-hydrogen) atoms. The van der Waals surface area contributed by atoms with Gasteiger partial charge in [-0.25, -0.2) is 0 Å². The summed E-state index contributed by atoms with van der Waals surface area (Å²) in [5.74, 6) is 1.36. The minimum Gasteiger partial charge on any atom is -0.381 e. The molecule has 0 unspecified atom stereocenters. The average Bonchev–Trinajstić information content (AvgIpc) is 2.90. The summed E-state index contributed by atoms with van der Waals surface area (Å²) in [5, 5.41) is 14.0. The largest absolute Gasteiger partial charge is 0.381 e. The maximum atomic E-state index is 5.43. The molecule has 2 heterocycles. The molecule has 2 aromatic heterocycles. The topological polar surface area (TPSA) is 87.8 Å². The van der Waals surface area contributed by atoms with Gasteiger partial charge in [-0.1, -0.05) is 6.92 Å². The highest BCUT2D eigenvalue weighted by molar-refractivity contribution is 5.86. The molecule has 0 saturated carbocycles. The van der Waals surface area contributed by atoms with E-state index >= 15 is 0 Å². The van der Waals surface area contributed by atoms with Gasteiger partial charge in [-0.2, -0.15) is 15.1 Å². The summed E-state index contributed by atoms with van der Waals surface area (Å²) in [6.07, 6.45) is 3.73. The molecular weight excluding hydrogens is 244 g/mol. The third-order valence-electron chi connectivity index (χ3n) is 2.64. The molecule has 3 N–H and O–H groups in total.